The molecule has 0 aromatic heterocycles. The van der Waals surface area contributed by atoms with Crippen LogP contribution in [0.2, 0.25) is 0 Å². The Kier molecular flexibility index (Phi) is 8.40. The molecule has 2 aromatic carbocycles. The maximum absolute atomic E-state index is 11.3. The molecule has 0 unspecified atom stereocenters. The van der Waals surface area contributed by atoms with E-state index in [1.54, 1.807) is 19.2 Å². The molecule has 0 heterocycles. The zero-order chi connectivity index (χ0) is 17.5. The van der Waals surface area contributed by atoms with Crippen LogP contribution in [-0.2, 0) is 13.1 Å². The van der Waals surface area contributed by atoms with Crippen LogP contribution >= 0.6 is 24.0 Å². The first-order chi connectivity index (χ1) is 11.5. The fourth-order valence-electron chi connectivity index (χ4n) is 2.44. The van der Waals surface area contributed by atoms with Crippen LogP contribution in [-0.4, -0.2) is 30.9 Å². The van der Waals surface area contributed by atoms with E-state index in [1.165, 1.54) is 11.1 Å². The summed E-state index contributed by atoms with van der Waals surface area (Å²) < 4.78 is 0. The SMILES string of the molecule is CN=C(NCc1cccc(C(N)=O)c1)N(C)Cc1ccc(C)cc1.I. The Labute approximate surface area is 166 Å². The number of hydrogen-bond acceptors (Lipinski definition) is 2. The van der Waals surface area contributed by atoms with Gasteiger partial charge in [0.25, 0.3) is 0 Å². The van der Waals surface area contributed by atoms with Crippen LogP contribution in [0.15, 0.2) is 53.5 Å². The smallest absolute Gasteiger partial charge is 0.248 e. The number of primary amides is 1. The Morgan fingerprint density at radius 3 is 2.44 bits per heavy atom. The zero-order valence-corrected chi connectivity index (χ0v) is 17.2. The van der Waals surface area contributed by atoms with Crippen molar-refractivity contribution < 1.29 is 4.79 Å². The van der Waals surface area contributed by atoms with Crippen molar-refractivity contribution in [1.82, 2.24) is 10.2 Å². The fourth-order valence-corrected chi connectivity index (χ4v) is 2.44. The van der Waals surface area contributed by atoms with Crippen LogP contribution < -0.4 is 11.1 Å². The van der Waals surface area contributed by atoms with Gasteiger partial charge in [-0.05, 0) is 30.2 Å². The van der Waals surface area contributed by atoms with Gasteiger partial charge in [-0.2, -0.15) is 0 Å². The molecule has 0 atom stereocenters. The van der Waals surface area contributed by atoms with E-state index in [9.17, 15) is 4.79 Å². The normalized spacial score (nSPS) is 10.8. The number of amides is 1. The molecule has 0 spiro atoms. The van der Waals surface area contributed by atoms with Gasteiger partial charge >= 0.3 is 0 Å². The molecule has 2 rings (SSSR count). The lowest BCUT2D eigenvalue weighted by atomic mass is 10.1. The third-order valence-electron chi connectivity index (χ3n) is 3.78. The van der Waals surface area contributed by atoms with Gasteiger partial charge in [0, 0.05) is 32.7 Å². The summed E-state index contributed by atoms with van der Waals surface area (Å²) >= 11 is 0. The number of halogens is 1. The van der Waals surface area contributed by atoms with E-state index < -0.39 is 5.91 Å². The van der Waals surface area contributed by atoms with Gasteiger partial charge in [-0.1, -0.05) is 42.0 Å². The van der Waals surface area contributed by atoms with Crippen LogP contribution in [0.3, 0.4) is 0 Å². The number of benzene rings is 2. The Morgan fingerprint density at radius 1 is 1.16 bits per heavy atom. The molecule has 1 amide bonds. The standard InChI is InChI=1S/C19H24N4O.HI/c1-14-7-9-15(10-8-14)13-23(3)19(21-2)22-12-16-5-4-6-17(11-16)18(20)24;/h4-11H,12-13H2,1-3H3,(H2,20,24)(H,21,22);1H. The molecule has 0 aliphatic heterocycles. The number of nitrogens with zero attached hydrogens (tertiary/aromatic N) is 2. The first-order valence-corrected chi connectivity index (χ1v) is 7.85. The third-order valence-corrected chi connectivity index (χ3v) is 3.78. The maximum atomic E-state index is 11.3. The molecule has 0 aliphatic rings. The van der Waals surface area contributed by atoms with Gasteiger partial charge in [0.05, 0.1) is 0 Å². The van der Waals surface area contributed by atoms with Gasteiger partial charge in [-0.15, -0.1) is 24.0 Å². The topological polar surface area (TPSA) is 70.7 Å². The molecule has 0 fully saturated rings. The highest BCUT2D eigenvalue weighted by molar-refractivity contribution is 14.0. The van der Waals surface area contributed by atoms with Crippen LogP contribution in [0.4, 0.5) is 0 Å². The Bertz CT molecular complexity index is 728. The van der Waals surface area contributed by atoms with Crippen LogP contribution in [0.5, 0.6) is 0 Å². The molecule has 0 saturated heterocycles. The van der Waals surface area contributed by atoms with E-state index in [2.05, 4.69) is 46.4 Å². The molecule has 134 valence electrons. The molecule has 6 heteroatoms. The minimum absolute atomic E-state index is 0. The predicted molar refractivity (Wildman–Crippen MR) is 113 cm³/mol. The van der Waals surface area contributed by atoms with E-state index >= 15 is 0 Å². The highest BCUT2D eigenvalue weighted by Gasteiger charge is 2.07. The number of guanidine groups is 1. The van der Waals surface area contributed by atoms with Crippen molar-refractivity contribution in [3.63, 3.8) is 0 Å². The van der Waals surface area contributed by atoms with E-state index in [0.29, 0.717) is 12.1 Å². The summed E-state index contributed by atoms with van der Waals surface area (Å²) in [6.07, 6.45) is 0. The number of hydrogen-bond donors (Lipinski definition) is 2. The second-order valence-electron chi connectivity index (χ2n) is 5.81. The Morgan fingerprint density at radius 2 is 1.84 bits per heavy atom. The van der Waals surface area contributed by atoms with Crippen molar-refractivity contribution in [3.8, 4) is 0 Å². The molecule has 0 bridgehead atoms. The van der Waals surface area contributed by atoms with E-state index in [1.807, 2.05) is 19.2 Å². The van der Waals surface area contributed by atoms with Crippen molar-refractivity contribution in [2.75, 3.05) is 14.1 Å². The minimum atomic E-state index is -0.419. The van der Waals surface area contributed by atoms with Gasteiger partial charge in [0.2, 0.25) is 5.91 Å². The van der Waals surface area contributed by atoms with Crippen LogP contribution in [0.1, 0.15) is 27.0 Å². The van der Waals surface area contributed by atoms with Crippen molar-refractivity contribution in [3.05, 3.63) is 70.8 Å². The zero-order valence-electron chi connectivity index (χ0n) is 14.8. The van der Waals surface area contributed by atoms with Crippen LogP contribution in [0.25, 0.3) is 0 Å². The second-order valence-corrected chi connectivity index (χ2v) is 5.81. The molecule has 5 nitrogen and oxygen atoms in total. The van der Waals surface area contributed by atoms with Crippen LogP contribution in [0, 0.1) is 6.92 Å². The van der Waals surface area contributed by atoms with Gasteiger partial charge in [0.15, 0.2) is 5.96 Å². The van der Waals surface area contributed by atoms with Crippen molar-refractivity contribution in [2.24, 2.45) is 10.7 Å². The number of carbonyl (C=O) groups is 1. The highest BCUT2D eigenvalue weighted by Crippen LogP contribution is 2.07. The number of rotatable bonds is 5. The quantitative estimate of drug-likeness (QED) is 0.417. The number of aliphatic imine (C=N–C) groups is 1. The molecule has 3 N–H and O–H groups in total. The monoisotopic (exact) mass is 452 g/mol. The van der Waals surface area contributed by atoms with E-state index in [-0.39, 0.29) is 24.0 Å². The van der Waals surface area contributed by atoms with Gasteiger partial charge in [-0.25, -0.2) is 0 Å². The summed E-state index contributed by atoms with van der Waals surface area (Å²) in [5.41, 5.74) is 9.28. The Balaban J connectivity index is 0.00000312. The van der Waals surface area contributed by atoms with Crippen molar-refractivity contribution >= 4 is 35.8 Å². The van der Waals surface area contributed by atoms with E-state index in [4.69, 9.17) is 5.73 Å². The summed E-state index contributed by atoms with van der Waals surface area (Å²) in [4.78, 5) is 17.6. The lowest BCUT2D eigenvalue weighted by Crippen LogP contribution is -2.38. The molecule has 0 aliphatic carbocycles. The largest absolute Gasteiger partial charge is 0.366 e. The summed E-state index contributed by atoms with van der Waals surface area (Å²) in [6.45, 7) is 3.42. The van der Waals surface area contributed by atoms with Gasteiger partial charge < -0.3 is 16.0 Å². The summed E-state index contributed by atoms with van der Waals surface area (Å²) in [7, 11) is 3.75. The second kappa shape index (κ2) is 10.0. The van der Waals surface area contributed by atoms with Crippen molar-refractivity contribution in [1.29, 1.82) is 0 Å². The molecule has 0 saturated carbocycles. The van der Waals surface area contributed by atoms with E-state index in [0.717, 1.165) is 18.1 Å². The molecule has 2 aromatic rings. The fraction of sp³-hybridized carbons (Fsp3) is 0.263. The average molecular weight is 452 g/mol. The predicted octanol–water partition coefficient (Wildman–Crippen LogP) is 2.92. The average Bonchev–Trinajstić information content (AvgIpc) is 2.57. The number of aryl methyl sites for hydroxylation is 1. The minimum Gasteiger partial charge on any atom is -0.366 e. The maximum Gasteiger partial charge on any atom is 0.248 e. The lowest BCUT2D eigenvalue weighted by Gasteiger charge is -2.22. The third kappa shape index (κ3) is 6.38. The Hall–Kier alpha value is -2.09. The first kappa shape index (κ1) is 21.0. The molecule has 0 radical (unpaired) electrons. The molecular weight excluding hydrogens is 427 g/mol. The lowest BCUT2D eigenvalue weighted by molar-refractivity contribution is 0.1000. The highest BCUT2D eigenvalue weighted by atomic mass is 127. The first-order valence-electron chi connectivity index (χ1n) is 7.85. The summed E-state index contributed by atoms with van der Waals surface area (Å²) in [5, 5.41) is 3.31. The summed E-state index contributed by atoms with van der Waals surface area (Å²) in [5.74, 6) is 0.373. The number of nitrogens with one attached hydrogen (secondary N) is 1. The number of carbonyl (C=O) groups excluding carboxylic acids is 1. The number of nitrogens with two attached hydrogens (primary N) is 1. The molecular formula is C19H25IN4O. The van der Waals surface area contributed by atoms with Gasteiger partial charge in [0.1, 0.15) is 0 Å². The summed E-state index contributed by atoms with van der Waals surface area (Å²) in [6, 6.07) is 15.7. The van der Waals surface area contributed by atoms with Gasteiger partial charge in [-0.3, -0.25) is 9.79 Å². The molecule has 25 heavy (non-hydrogen) atoms. The van der Waals surface area contributed by atoms with Crippen molar-refractivity contribution in [2.45, 2.75) is 20.0 Å².